The van der Waals surface area contributed by atoms with E-state index in [1.807, 2.05) is 38.1 Å². The number of hydrogen-bond acceptors (Lipinski definition) is 2. The van der Waals surface area contributed by atoms with Crippen molar-refractivity contribution >= 4 is 27.8 Å². The first kappa shape index (κ1) is 12.1. The molecule has 0 saturated carbocycles. The fourth-order valence-corrected chi connectivity index (χ4v) is 2.51. The summed E-state index contributed by atoms with van der Waals surface area (Å²) in [4.78, 5) is 17.3. The number of nitrogens with zero attached hydrogens (tertiary/aromatic N) is 2. The molecule has 0 bridgehead atoms. The van der Waals surface area contributed by atoms with Gasteiger partial charge in [-0.2, -0.15) is 4.99 Å². The second-order valence-electron chi connectivity index (χ2n) is 4.24. The summed E-state index contributed by atoms with van der Waals surface area (Å²) in [5.74, 6) is 0.357. The molecular weight excluding hydrogens is 282 g/mol. The molecule has 1 heterocycles. The van der Waals surface area contributed by atoms with E-state index in [-0.39, 0.29) is 18.1 Å². The topological polar surface area (TPSA) is 58.7 Å². The molecule has 4 nitrogen and oxygen atoms in total. The third-order valence-corrected chi connectivity index (χ3v) is 3.48. The molecule has 5 heteroatoms. The van der Waals surface area contributed by atoms with Crippen molar-refractivity contribution < 1.29 is 4.79 Å². The average molecular weight is 296 g/mol. The molecule has 1 aliphatic heterocycles. The maximum Gasteiger partial charge on any atom is 0.346 e. The van der Waals surface area contributed by atoms with Gasteiger partial charge in [-0.05, 0) is 25.5 Å². The molecule has 2 amide bonds. The molecule has 0 radical (unpaired) electrons. The quantitative estimate of drug-likeness (QED) is 0.912. The number of rotatable bonds is 2. The maximum absolute atomic E-state index is 11.8. The van der Waals surface area contributed by atoms with Crippen LogP contribution in [-0.4, -0.2) is 22.8 Å². The molecule has 1 aliphatic rings. The van der Waals surface area contributed by atoms with Gasteiger partial charge in [-0.15, -0.1) is 0 Å². The standard InChI is InChI=1S/C12H14BrN3O/c1-7(2)16-10(11(14)15-12(16)17)8-5-3-4-6-9(8)13/h3-7,10H,1-2H3,(H2,14,15,17). The van der Waals surface area contributed by atoms with Gasteiger partial charge in [0.1, 0.15) is 11.9 Å². The summed E-state index contributed by atoms with van der Waals surface area (Å²) < 4.78 is 0.934. The Labute approximate surface area is 109 Å². The lowest BCUT2D eigenvalue weighted by Gasteiger charge is -2.28. The van der Waals surface area contributed by atoms with Crippen molar-refractivity contribution in [2.24, 2.45) is 10.7 Å². The van der Waals surface area contributed by atoms with Crippen LogP contribution >= 0.6 is 15.9 Å². The monoisotopic (exact) mass is 295 g/mol. The molecule has 0 saturated heterocycles. The van der Waals surface area contributed by atoms with Gasteiger partial charge >= 0.3 is 6.03 Å². The lowest BCUT2D eigenvalue weighted by molar-refractivity contribution is 0.190. The number of amides is 2. The van der Waals surface area contributed by atoms with Crippen LogP contribution in [0.2, 0.25) is 0 Å². The molecule has 1 aromatic rings. The number of hydrogen-bond donors (Lipinski definition) is 1. The molecule has 1 unspecified atom stereocenters. The zero-order chi connectivity index (χ0) is 12.6. The lowest BCUT2D eigenvalue weighted by atomic mass is 10.0. The third-order valence-electron chi connectivity index (χ3n) is 2.76. The first-order valence-electron chi connectivity index (χ1n) is 5.43. The van der Waals surface area contributed by atoms with E-state index in [0.717, 1.165) is 10.0 Å². The Morgan fingerprint density at radius 1 is 1.41 bits per heavy atom. The fourth-order valence-electron chi connectivity index (χ4n) is 2.01. The van der Waals surface area contributed by atoms with Crippen LogP contribution in [0.1, 0.15) is 25.5 Å². The van der Waals surface area contributed by atoms with Crippen LogP contribution in [0.15, 0.2) is 33.7 Å². The van der Waals surface area contributed by atoms with E-state index in [1.165, 1.54) is 0 Å². The van der Waals surface area contributed by atoms with E-state index in [1.54, 1.807) is 4.90 Å². The summed E-state index contributed by atoms with van der Waals surface area (Å²) >= 11 is 3.48. The van der Waals surface area contributed by atoms with Gasteiger partial charge in [-0.3, -0.25) is 0 Å². The van der Waals surface area contributed by atoms with Crippen LogP contribution in [0.25, 0.3) is 0 Å². The summed E-state index contributed by atoms with van der Waals surface area (Å²) in [5, 5.41) is 0. The summed E-state index contributed by atoms with van der Waals surface area (Å²) in [7, 11) is 0. The Balaban J connectivity index is 2.46. The predicted molar refractivity (Wildman–Crippen MR) is 70.9 cm³/mol. The number of carbonyl (C=O) groups excluding carboxylic acids is 1. The van der Waals surface area contributed by atoms with Crippen LogP contribution in [0, 0.1) is 0 Å². The van der Waals surface area contributed by atoms with Crippen LogP contribution < -0.4 is 5.73 Å². The van der Waals surface area contributed by atoms with Crippen molar-refractivity contribution in [1.82, 2.24) is 4.90 Å². The first-order chi connectivity index (χ1) is 8.02. The fraction of sp³-hybridized carbons (Fsp3) is 0.333. The predicted octanol–water partition coefficient (Wildman–Crippen LogP) is 2.69. The molecule has 90 valence electrons. The van der Waals surface area contributed by atoms with E-state index in [0.29, 0.717) is 5.84 Å². The minimum Gasteiger partial charge on any atom is -0.385 e. The largest absolute Gasteiger partial charge is 0.385 e. The number of halogens is 1. The Hall–Kier alpha value is -1.36. The van der Waals surface area contributed by atoms with Crippen molar-refractivity contribution in [3.63, 3.8) is 0 Å². The van der Waals surface area contributed by atoms with Crippen molar-refractivity contribution in [2.45, 2.75) is 25.9 Å². The minimum absolute atomic E-state index is 0.0596. The van der Waals surface area contributed by atoms with Crippen molar-refractivity contribution in [3.8, 4) is 0 Å². The number of benzene rings is 1. The van der Waals surface area contributed by atoms with Crippen molar-refractivity contribution in [1.29, 1.82) is 0 Å². The molecule has 2 N–H and O–H groups in total. The van der Waals surface area contributed by atoms with Gasteiger partial charge in [0, 0.05) is 10.5 Å². The first-order valence-corrected chi connectivity index (χ1v) is 6.22. The third kappa shape index (κ3) is 2.07. The molecular formula is C12H14BrN3O. The van der Waals surface area contributed by atoms with Gasteiger partial charge in [0.05, 0.1) is 0 Å². The Morgan fingerprint density at radius 3 is 2.65 bits per heavy atom. The van der Waals surface area contributed by atoms with Crippen LogP contribution in [0.5, 0.6) is 0 Å². The van der Waals surface area contributed by atoms with E-state index in [2.05, 4.69) is 20.9 Å². The van der Waals surface area contributed by atoms with Crippen molar-refractivity contribution in [3.05, 3.63) is 34.3 Å². The molecule has 1 atom stereocenters. The maximum atomic E-state index is 11.8. The van der Waals surface area contributed by atoms with Crippen LogP contribution in [-0.2, 0) is 0 Å². The number of nitrogens with two attached hydrogens (primary N) is 1. The highest BCUT2D eigenvalue weighted by atomic mass is 79.9. The van der Waals surface area contributed by atoms with Crippen molar-refractivity contribution in [2.75, 3.05) is 0 Å². The van der Waals surface area contributed by atoms with Gasteiger partial charge in [-0.25, -0.2) is 4.79 Å². The van der Waals surface area contributed by atoms with E-state index >= 15 is 0 Å². The normalized spacial score (nSPS) is 20.0. The van der Waals surface area contributed by atoms with Crippen LogP contribution in [0.4, 0.5) is 4.79 Å². The molecule has 1 aromatic carbocycles. The molecule has 0 aliphatic carbocycles. The molecule has 0 aromatic heterocycles. The van der Waals surface area contributed by atoms with E-state index in [4.69, 9.17) is 5.73 Å². The molecule has 0 fully saturated rings. The van der Waals surface area contributed by atoms with Crippen LogP contribution in [0.3, 0.4) is 0 Å². The molecule has 0 spiro atoms. The zero-order valence-electron chi connectivity index (χ0n) is 9.72. The Kier molecular flexibility index (Phi) is 3.19. The summed E-state index contributed by atoms with van der Waals surface area (Å²) in [6, 6.07) is 7.27. The molecule has 17 heavy (non-hydrogen) atoms. The number of urea groups is 1. The Morgan fingerprint density at radius 2 is 2.06 bits per heavy atom. The second-order valence-corrected chi connectivity index (χ2v) is 5.10. The zero-order valence-corrected chi connectivity index (χ0v) is 11.3. The van der Waals surface area contributed by atoms with Gasteiger partial charge < -0.3 is 10.6 Å². The number of amidine groups is 1. The van der Waals surface area contributed by atoms with E-state index < -0.39 is 0 Å². The molecule has 2 rings (SSSR count). The highest BCUT2D eigenvalue weighted by molar-refractivity contribution is 9.10. The van der Waals surface area contributed by atoms with E-state index in [9.17, 15) is 4.79 Å². The summed E-state index contributed by atoms with van der Waals surface area (Å²) in [6.07, 6.45) is 0. The number of aliphatic imine (C=N–C) groups is 1. The highest BCUT2D eigenvalue weighted by Gasteiger charge is 2.36. The van der Waals surface area contributed by atoms with Gasteiger partial charge in [-0.1, -0.05) is 34.1 Å². The van der Waals surface area contributed by atoms with Gasteiger partial charge in [0.25, 0.3) is 0 Å². The summed E-state index contributed by atoms with van der Waals surface area (Å²) in [6.45, 7) is 3.91. The summed E-state index contributed by atoms with van der Waals surface area (Å²) in [5.41, 5.74) is 6.83. The SMILES string of the molecule is CC(C)N1C(=O)N=C(N)C1c1ccccc1Br. The van der Waals surface area contributed by atoms with Gasteiger partial charge in [0.15, 0.2) is 0 Å². The average Bonchev–Trinajstić information content (AvgIpc) is 2.54. The highest BCUT2D eigenvalue weighted by Crippen LogP contribution is 2.33. The lowest BCUT2D eigenvalue weighted by Crippen LogP contribution is -2.38. The number of carbonyl (C=O) groups is 1. The second kappa shape index (κ2) is 4.49. The smallest absolute Gasteiger partial charge is 0.346 e. The minimum atomic E-state index is -0.266. The Bertz CT molecular complexity index is 484. The van der Waals surface area contributed by atoms with Gasteiger partial charge in [0.2, 0.25) is 0 Å².